The van der Waals surface area contributed by atoms with E-state index in [9.17, 15) is 4.79 Å². The topological polar surface area (TPSA) is 47.6 Å². The number of rotatable bonds is 5. The van der Waals surface area contributed by atoms with Gasteiger partial charge < -0.3 is 14.8 Å². The minimum Gasteiger partial charge on any atom is -0.497 e. The van der Waals surface area contributed by atoms with Gasteiger partial charge in [0.05, 0.1) is 7.11 Å². The van der Waals surface area contributed by atoms with E-state index in [1.54, 1.807) is 7.11 Å². The predicted octanol–water partition coefficient (Wildman–Crippen LogP) is 2.59. The van der Waals surface area contributed by atoms with Gasteiger partial charge in [0, 0.05) is 5.69 Å². The first kappa shape index (κ1) is 12.7. The highest BCUT2D eigenvalue weighted by Gasteiger charge is 2.18. The zero-order chi connectivity index (χ0) is 12.8. The van der Waals surface area contributed by atoms with Crippen molar-refractivity contribution in [3.05, 3.63) is 24.3 Å². The van der Waals surface area contributed by atoms with E-state index in [0.717, 1.165) is 24.3 Å². The van der Waals surface area contributed by atoms with Crippen molar-refractivity contribution < 1.29 is 14.3 Å². The molecule has 1 N–H and O–H groups in total. The summed E-state index contributed by atoms with van der Waals surface area (Å²) in [6, 6.07) is 7.46. The molecule has 2 rings (SSSR count). The van der Waals surface area contributed by atoms with Gasteiger partial charge >= 0.3 is 5.97 Å². The molecular formula is C14H19NO3. The van der Waals surface area contributed by atoms with Crippen LogP contribution in [0, 0.1) is 0 Å². The van der Waals surface area contributed by atoms with Crippen LogP contribution in [-0.4, -0.2) is 25.7 Å². The molecule has 0 amide bonds. The van der Waals surface area contributed by atoms with Gasteiger partial charge in [0.15, 0.2) is 0 Å². The van der Waals surface area contributed by atoms with E-state index >= 15 is 0 Å². The highest BCUT2D eigenvalue weighted by atomic mass is 16.5. The van der Waals surface area contributed by atoms with Crippen molar-refractivity contribution in [1.82, 2.24) is 0 Å². The summed E-state index contributed by atoms with van der Waals surface area (Å²) in [6.45, 7) is 0.211. The zero-order valence-corrected chi connectivity index (χ0v) is 10.6. The molecule has 1 fully saturated rings. The summed E-state index contributed by atoms with van der Waals surface area (Å²) < 4.78 is 10.4. The molecule has 0 radical (unpaired) electrons. The second-order valence-corrected chi connectivity index (χ2v) is 4.48. The van der Waals surface area contributed by atoms with Crippen molar-refractivity contribution in [3.8, 4) is 5.75 Å². The lowest BCUT2D eigenvalue weighted by Gasteiger charge is -2.12. The maximum absolute atomic E-state index is 11.6. The Kier molecular flexibility index (Phi) is 4.45. The molecular weight excluding hydrogens is 230 g/mol. The van der Waals surface area contributed by atoms with Gasteiger partial charge in [0.2, 0.25) is 0 Å². The van der Waals surface area contributed by atoms with Crippen LogP contribution in [-0.2, 0) is 9.53 Å². The number of methoxy groups -OCH3 is 1. The highest BCUT2D eigenvalue weighted by molar-refractivity contribution is 5.75. The van der Waals surface area contributed by atoms with Crippen molar-refractivity contribution in [2.75, 3.05) is 19.0 Å². The van der Waals surface area contributed by atoms with Gasteiger partial charge in [-0.05, 0) is 49.9 Å². The van der Waals surface area contributed by atoms with E-state index in [1.165, 1.54) is 12.8 Å². The molecule has 98 valence electrons. The van der Waals surface area contributed by atoms with Gasteiger partial charge in [0.25, 0.3) is 0 Å². The molecule has 4 nitrogen and oxygen atoms in total. The van der Waals surface area contributed by atoms with Crippen LogP contribution in [0.4, 0.5) is 5.69 Å². The first-order valence-electron chi connectivity index (χ1n) is 6.35. The molecule has 4 heteroatoms. The Morgan fingerprint density at radius 2 is 1.94 bits per heavy atom. The highest BCUT2D eigenvalue weighted by Crippen LogP contribution is 2.21. The summed E-state index contributed by atoms with van der Waals surface area (Å²) in [7, 11) is 1.63. The minimum atomic E-state index is -0.183. The van der Waals surface area contributed by atoms with Gasteiger partial charge in [-0.3, -0.25) is 4.79 Å². The van der Waals surface area contributed by atoms with Crippen molar-refractivity contribution in [2.45, 2.75) is 31.8 Å². The molecule has 0 heterocycles. The molecule has 1 aliphatic rings. The molecule has 0 atom stereocenters. The smallest absolute Gasteiger partial charge is 0.325 e. The first-order valence-corrected chi connectivity index (χ1v) is 6.35. The third-order valence-corrected chi connectivity index (χ3v) is 3.13. The van der Waals surface area contributed by atoms with Crippen molar-refractivity contribution in [3.63, 3.8) is 0 Å². The van der Waals surface area contributed by atoms with Crippen LogP contribution >= 0.6 is 0 Å². The number of nitrogens with one attached hydrogen (secondary N) is 1. The summed E-state index contributed by atoms with van der Waals surface area (Å²) in [5.74, 6) is 0.617. The molecule has 1 aromatic rings. The van der Waals surface area contributed by atoms with Crippen LogP contribution in [0.5, 0.6) is 5.75 Å². The van der Waals surface area contributed by atoms with Crippen LogP contribution in [0.25, 0.3) is 0 Å². The van der Waals surface area contributed by atoms with Gasteiger partial charge in [-0.2, -0.15) is 0 Å². The van der Waals surface area contributed by atoms with E-state index in [0.29, 0.717) is 0 Å². The van der Waals surface area contributed by atoms with E-state index in [2.05, 4.69) is 5.32 Å². The number of anilines is 1. The summed E-state index contributed by atoms with van der Waals surface area (Å²) in [5.41, 5.74) is 0.888. The molecule has 18 heavy (non-hydrogen) atoms. The molecule has 0 unspecified atom stereocenters. The number of benzene rings is 1. The number of hydrogen-bond acceptors (Lipinski definition) is 4. The first-order chi connectivity index (χ1) is 8.78. The fraction of sp³-hybridized carbons (Fsp3) is 0.500. The lowest BCUT2D eigenvalue weighted by Crippen LogP contribution is -2.21. The number of hydrogen-bond donors (Lipinski definition) is 1. The second kappa shape index (κ2) is 6.28. The quantitative estimate of drug-likeness (QED) is 0.815. The lowest BCUT2D eigenvalue weighted by molar-refractivity contribution is -0.146. The van der Waals surface area contributed by atoms with Gasteiger partial charge in [-0.1, -0.05) is 0 Å². The van der Waals surface area contributed by atoms with E-state index < -0.39 is 0 Å². The Morgan fingerprint density at radius 3 is 2.56 bits per heavy atom. The summed E-state index contributed by atoms with van der Waals surface area (Å²) in [6.07, 6.45) is 4.49. The zero-order valence-electron chi connectivity index (χ0n) is 10.6. The fourth-order valence-electron chi connectivity index (χ4n) is 2.12. The fourth-order valence-corrected chi connectivity index (χ4v) is 2.12. The molecule has 0 aliphatic heterocycles. The molecule has 0 spiro atoms. The maximum Gasteiger partial charge on any atom is 0.325 e. The Bertz CT molecular complexity index is 383. The third-order valence-electron chi connectivity index (χ3n) is 3.13. The molecule has 0 aromatic heterocycles. The Morgan fingerprint density at radius 1 is 1.28 bits per heavy atom. The van der Waals surface area contributed by atoms with Crippen molar-refractivity contribution >= 4 is 11.7 Å². The normalized spacial score (nSPS) is 15.4. The van der Waals surface area contributed by atoms with Gasteiger partial charge in [-0.15, -0.1) is 0 Å². The van der Waals surface area contributed by atoms with Crippen molar-refractivity contribution in [1.29, 1.82) is 0 Å². The average Bonchev–Trinajstić information content (AvgIpc) is 2.90. The van der Waals surface area contributed by atoms with Gasteiger partial charge in [-0.25, -0.2) is 0 Å². The number of esters is 1. The van der Waals surface area contributed by atoms with Crippen LogP contribution in [0.3, 0.4) is 0 Å². The molecule has 1 aliphatic carbocycles. The SMILES string of the molecule is COc1ccc(NCC(=O)OC2CCCC2)cc1. The third kappa shape index (κ3) is 3.65. The number of carbonyl (C=O) groups excluding carboxylic acids is 1. The number of carbonyl (C=O) groups is 1. The van der Waals surface area contributed by atoms with E-state index in [4.69, 9.17) is 9.47 Å². The van der Waals surface area contributed by atoms with Gasteiger partial charge in [0.1, 0.15) is 18.4 Å². The Hall–Kier alpha value is -1.71. The van der Waals surface area contributed by atoms with E-state index in [-0.39, 0.29) is 18.6 Å². The number of ether oxygens (including phenoxy) is 2. The second-order valence-electron chi connectivity index (χ2n) is 4.48. The van der Waals surface area contributed by atoms with E-state index in [1.807, 2.05) is 24.3 Å². The average molecular weight is 249 g/mol. The Labute approximate surface area is 107 Å². The lowest BCUT2D eigenvalue weighted by atomic mass is 10.3. The van der Waals surface area contributed by atoms with Crippen molar-refractivity contribution in [2.24, 2.45) is 0 Å². The molecule has 1 saturated carbocycles. The van der Waals surface area contributed by atoms with Crippen LogP contribution < -0.4 is 10.1 Å². The maximum atomic E-state index is 11.6. The van der Waals surface area contributed by atoms with Crippen LogP contribution in [0.1, 0.15) is 25.7 Å². The summed E-state index contributed by atoms with van der Waals surface area (Å²) in [4.78, 5) is 11.6. The minimum absolute atomic E-state index is 0.134. The molecule has 0 saturated heterocycles. The Balaban J connectivity index is 1.74. The monoisotopic (exact) mass is 249 g/mol. The van der Waals surface area contributed by atoms with Crippen LogP contribution in [0.2, 0.25) is 0 Å². The summed E-state index contributed by atoms with van der Waals surface area (Å²) >= 11 is 0. The predicted molar refractivity (Wildman–Crippen MR) is 69.8 cm³/mol. The van der Waals surface area contributed by atoms with Crippen LogP contribution in [0.15, 0.2) is 24.3 Å². The largest absolute Gasteiger partial charge is 0.497 e. The summed E-state index contributed by atoms with van der Waals surface area (Å²) in [5, 5.41) is 3.04. The molecule has 1 aromatic carbocycles. The molecule has 0 bridgehead atoms. The standard InChI is InChI=1S/C14H19NO3/c1-17-12-8-6-11(7-9-12)15-10-14(16)18-13-4-2-3-5-13/h6-9,13,15H,2-5,10H2,1H3.